The number of amides is 1. The largest absolute Gasteiger partial charge is 0.492 e. The number of nitrogens with one attached hydrogen (secondary N) is 1. The molecule has 3 rings (SSSR count). The smallest absolute Gasteiger partial charge is 0.267 e. The lowest BCUT2D eigenvalue weighted by Gasteiger charge is -2.28. The van der Waals surface area contributed by atoms with Gasteiger partial charge in [0, 0.05) is 0 Å². The van der Waals surface area contributed by atoms with Crippen molar-refractivity contribution in [2.45, 2.75) is 38.0 Å². The van der Waals surface area contributed by atoms with Gasteiger partial charge in [-0.3, -0.25) is 9.78 Å². The lowest BCUT2D eigenvalue weighted by Crippen LogP contribution is -2.44. The van der Waals surface area contributed by atoms with E-state index in [1.165, 1.54) is 6.20 Å². The van der Waals surface area contributed by atoms with E-state index in [1.54, 1.807) is 19.1 Å². The van der Waals surface area contributed by atoms with Crippen molar-refractivity contribution in [1.82, 2.24) is 14.6 Å². The van der Waals surface area contributed by atoms with E-state index >= 15 is 0 Å². The maximum Gasteiger partial charge on any atom is 0.267 e. The van der Waals surface area contributed by atoms with Gasteiger partial charge in [-0.2, -0.15) is 4.39 Å². The Hall–Kier alpha value is -2.79. The monoisotopic (exact) mass is 483 g/mol. The zero-order chi connectivity index (χ0) is 24.2. The second kappa shape index (κ2) is 10.4. The molecule has 8 nitrogen and oxygen atoms in total. The molecule has 1 aromatic carbocycles. The van der Waals surface area contributed by atoms with Crippen molar-refractivity contribution in [2.75, 3.05) is 26.7 Å². The van der Waals surface area contributed by atoms with Crippen molar-refractivity contribution < 1.29 is 31.5 Å². The topological polar surface area (TPSA) is 97.8 Å². The number of carbonyl (C=O) groups excluding carboxylic acids is 1. The number of hydrogen-bond acceptors (Lipinski definition) is 7. The highest BCUT2D eigenvalue weighted by molar-refractivity contribution is 7.90. The molecule has 1 N–H and O–H groups in total. The van der Waals surface area contributed by atoms with Crippen LogP contribution in [0.5, 0.6) is 11.5 Å². The molecule has 1 aliphatic heterocycles. The standard InChI is InChI=1S/C22H27F2N3O5S/c1-4-31-15-5-7-18(25-13-15)14(2)32-19-8-6-17(20(23)21(19)24)22(28)26-33(29,30)16-9-11-27(3)12-10-16/h5-8,13-14,16H,4,9-12H2,1-3H3,(H,26,28). The van der Waals surface area contributed by atoms with Crippen LogP contribution in [0.15, 0.2) is 30.5 Å². The van der Waals surface area contributed by atoms with Gasteiger partial charge < -0.3 is 14.4 Å². The van der Waals surface area contributed by atoms with E-state index in [0.717, 1.165) is 12.1 Å². The van der Waals surface area contributed by atoms with Gasteiger partial charge >= 0.3 is 0 Å². The number of aromatic nitrogens is 1. The second-order valence-electron chi connectivity index (χ2n) is 7.83. The summed E-state index contributed by atoms with van der Waals surface area (Å²) in [5.74, 6) is -3.97. The normalized spacial score (nSPS) is 16.3. The molecule has 0 spiro atoms. The van der Waals surface area contributed by atoms with Crippen molar-refractivity contribution in [3.8, 4) is 11.5 Å². The molecule has 2 heterocycles. The van der Waals surface area contributed by atoms with Gasteiger partial charge in [0.05, 0.1) is 29.3 Å². The average Bonchev–Trinajstić information content (AvgIpc) is 2.77. The highest BCUT2D eigenvalue weighted by atomic mass is 32.2. The van der Waals surface area contributed by atoms with E-state index in [-0.39, 0.29) is 0 Å². The molecule has 0 aliphatic carbocycles. The minimum Gasteiger partial charge on any atom is -0.492 e. The average molecular weight is 484 g/mol. The van der Waals surface area contributed by atoms with Gasteiger partial charge in [0.25, 0.3) is 5.91 Å². The van der Waals surface area contributed by atoms with Crippen LogP contribution in [0, 0.1) is 11.6 Å². The minimum absolute atomic E-state index is 0.347. The van der Waals surface area contributed by atoms with Crippen LogP contribution >= 0.6 is 0 Å². The van der Waals surface area contributed by atoms with E-state index in [4.69, 9.17) is 9.47 Å². The van der Waals surface area contributed by atoms with Crippen molar-refractivity contribution in [1.29, 1.82) is 0 Å². The zero-order valence-electron chi connectivity index (χ0n) is 18.7. The Morgan fingerprint density at radius 2 is 1.91 bits per heavy atom. The summed E-state index contributed by atoms with van der Waals surface area (Å²) in [6.45, 7) is 5.06. The number of likely N-dealkylation sites (tertiary alicyclic amines) is 1. The summed E-state index contributed by atoms with van der Waals surface area (Å²) >= 11 is 0. The summed E-state index contributed by atoms with van der Waals surface area (Å²) in [4.78, 5) is 18.6. The minimum atomic E-state index is -4.02. The van der Waals surface area contributed by atoms with Gasteiger partial charge in [0.2, 0.25) is 15.8 Å². The first-order valence-electron chi connectivity index (χ1n) is 10.6. The summed E-state index contributed by atoms with van der Waals surface area (Å²) in [7, 11) is -2.15. The summed E-state index contributed by atoms with van der Waals surface area (Å²) in [5.41, 5.74) is -0.257. The Balaban J connectivity index is 1.70. The Morgan fingerprint density at radius 1 is 1.21 bits per heavy atom. The molecule has 1 atom stereocenters. The van der Waals surface area contributed by atoms with E-state index in [9.17, 15) is 22.0 Å². The first-order chi connectivity index (χ1) is 15.6. The fraction of sp³-hybridized carbons (Fsp3) is 0.455. The Labute approximate surface area is 192 Å². The number of carbonyl (C=O) groups is 1. The highest BCUT2D eigenvalue weighted by Crippen LogP contribution is 2.28. The van der Waals surface area contributed by atoms with Gasteiger partial charge in [-0.05, 0) is 71.1 Å². The molecule has 11 heteroatoms. The summed E-state index contributed by atoms with van der Waals surface area (Å²) < 4.78 is 66.9. The molecular formula is C22H27F2N3O5S. The third-order valence-corrected chi connectivity index (χ3v) is 7.24. The van der Waals surface area contributed by atoms with Crippen molar-refractivity contribution in [3.63, 3.8) is 0 Å². The zero-order valence-corrected chi connectivity index (χ0v) is 19.5. The Bertz CT molecular complexity index is 1090. The lowest BCUT2D eigenvalue weighted by molar-refractivity contribution is 0.0975. The quantitative estimate of drug-likeness (QED) is 0.616. The van der Waals surface area contributed by atoms with E-state index in [2.05, 4.69) is 4.98 Å². The number of ether oxygens (including phenoxy) is 2. The first kappa shape index (κ1) is 24.8. The number of pyridine rings is 1. The van der Waals surface area contributed by atoms with Gasteiger partial charge in [0.15, 0.2) is 11.6 Å². The maximum atomic E-state index is 14.6. The summed E-state index contributed by atoms with van der Waals surface area (Å²) in [6, 6.07) is 5.40. The molecule has 1 fully saturated rings. The lowest BCUT2D eigenvalue weighted by atomic mass is 10.1. The molecule has 1 aliphatic rings. The fourth-order valence-electron chi connectivity index (χ4n) is 3.50. The first-order valence-corrected chi connectivity index (χ1v) is 12.1. The molecule has 1 saturated heterocycles. The van der Waals surface area contributed by atoms with Crippen LogP contribution in [-0.4, -0.2) is 56.2 Å². The van der Waals surface area contributed by atoms with E-state index < -0.39 is 50.2 Å². The number of benzene rings is 1. The number of nitrogens with zero attached hydrogens (tertiary/aromatic N) is 2. The van der Waals surface area contributed by atoms with Gasteiger partial charge in [-0.1, -0.05) is 0 Å². The Kier molecular flexibility index (Phi) is 7.85. The van der Waals surface area contributed by atoms with Crippen molar-refractivity contribution in [2.24, 2.45) is 0 Å². The van der Waals surface area contributed by atoms with Crippen molar-refractivity contribution in [3.05, 3.63) is 53.4 Å². The second-order valence-corrected chi connectivity index (χ2v) is 9.79. The molecule has 180 valence electrons. The van der Waals surface area contributed by atoms with Crippen LogP contribution in [0.25, 0.3) is 0 Å². The molecular weight excluding hydrogens is 456 g/mol. The van der Waals surface area contributed by atoms with Crippen LogP contribution in [0.1, 0.15) is 48.8 Å². The summed E-state index contributed by atoms with van der Waals surface area (Å²) in [5, 5.41) is -0.768. The highest BCUT2D eigenvalue weighted by Gasteiger charge is 2.32. The predicted octanol–water partition coefficient (Wildman–Crippen LogP) is 3.05. The summed E-state index contributed by atoms with van der Waals surface area (Å²) in [6.07, 6.45) is 1.47. The maximum absolute atomic E-state index is 14.6. The van der Waals surface area contributed by atoms with Gasteiger partial charge in [-0.15, -0.1) is 0 Å². The molecule has 1 aromatic heterocycles. The van der Waals surface area contributed by atoms with Crippen LogP contribution in [-0.2, 0) is 10.0 Å². The Morgan fingerprint density at radius 3 is 2.52 bits per heavy atom. The van der Waals surface area contributed by atoms with Gasteiger partial charge in [0.1, 0.15) is 11.9 Å². The predicted molar refractivity (Wildman–Crippen MR) is 118 cm³/mol. The van der Waals surface area contributed by atoms with Crippen LogP contribution in [0.4, 0.5) is 8.78 Å². The van der Waals surface area contributed by atoms with E-state index in [0.29, 0.717) is 44.0 Å². The molecule has 0 radical (unpaired) electrons. The van der Waals surface area contributed by atoms with Crippen LogP contribution in [0.3, 0.4) is 0 Å². The third kappa shape index (κ3) is 5.97. The molecule has 0 saturated carbocycles. The SMILES string of the molecule is CCOc1ccc(C(C)Oc2ccc(C(=O)NS(=O)(=O)C3CCN(C)CC3)c(F)c2F)nc1. The van der Waals surface area contributed by atoms with E-state index in [1.807, 2.05) is 23.6 Å². The van der Waals surface area contributed by atoms with Crippen LogP contribution in [0.2, 0.25) is 0 Å². The van der Waals surface area contributed by atoms with Crippen molar-refractivity contribution >= 4 is 15.9 Å². The molecule has 0 bridgehead atoms. The molecule has 1 unspecified atom stereocenters. The molecule has 2 aromatic rings. The van der Waals surface area contributed by atoms with Gasteiger partial charge in [-0.25, -0.2) is 17.5 Å². The number of piperidine rings is 1. The molecule has 1 amide bonds. The molecule has 33 heavy (non-hydrogen) atoms. The third-order valence-electron chi connectivity index (χ3n) is 5.42. The van der Waals surface area contributed by atoms with Crippen LogP contribution < -0.4 is 14.2 Å². The number of sulfonamides is 1. The fourth-order valence-corrected chi connectivity index (χ4v) is 4.86. The number of hydrogen-bond donors (Lipinski definition) is 1. The number of halogens is 2. The number of rotatable bonds is 8.